The highest BCUT2D eigenvalue weighted by atomic mass is 32.1. The van der Waals surface area contributed by atoms with E-state index >= 15 is 0 Å². The lowest BCUT2D eigenvalue weighted by Gasteiger charge is -2.20. The largest absolute Gasteiger partial charge is 0.381 e. The lowest BCUT2D eigenvalue weighted by Crippen LogP contribution is -2.25. The van der Waals surface area contributed by atoms with Gasteiger partial charge in [-0.3, -0.25) is 0 Å². The van der Waals surface area contributed by atoms with Crippen molar-refractivity contribution >= 4 is 11.3 Å². The molecule has 0 aliphatic carbocycles. The van der Waals surface area contributed by atoms with Gasteiger partial charge in [-0.2, -0.15) is 0 Å². The van der Waals surface area contributed by atoms with Crippen LogP contribution in [0.15, 0.2) is 5.51 Å². The van der Waals surface area contributed by atoms with E-state index in [1.165, 1.54) is 4.88 Å². The third kappa shape index (κ3) is 1.82. The minimum atomic E-state index is 0.421. The van der Waals surface area contributed by atoms with Gasteiger partial charge >= 0.3 is 0 Å². The molecule has 0 bridgehead atoms. The van der Waals surface area contributed by atoms with Crippen molar-refractivity contribution in [1.29, 1.82) is 0 Å². The Kier molecular flexibility index (Phi) is 3.15. The zero-order valence-corrected chi connectivity index (χ0v) is 9.43. The molecule has 2 unspecified atom stereocenters. The van der Waals surface area contributed by atoms with Gasteiger partial charge in [0.1, 0.15) is 0 Å². The highest BCUT2D eigenvalue weighted by Crippen LogP contribution is 2.32. The second-order valence-corrected chi connectivity index (χ2v) is 4.58. The number of nitrogens with zero attached hydrogens (tertiary/aromatic N) is 1. The molecule has 2 rings (SSSR count). The minimum absolute atomic E-state index is 0.421. The van der Waals surface area contributed by atoms with E-state index in [1.807, 2.05) is 12.6 Å². The van der Waals surface area contributed by atoms with Gasteiger partial charge in [-0.25, -0.2) is 4.98 Å². The van der Waals surface area contributed by atoms with E-state index < -0.39 is 0 Å². The Hall–Kier alpha value is -0.450. The first-order valence-corrected chi connectivity index (χ1v) is 5.86. The number of thiazole rings is 1. The highest BCUT2D eigenvalue weighted by molar-refractivity contribution is 7.09. The van der Waals surface area contributed by atoms with Gasteiger partial charge in [0.2, 0.25) is 0 Å². The van der Waals surface area contributed by atoms with Crippen LogP contribution in [0.2, 0.25) is 0 Å². The van der Waals surface area contributed by atoms with Crippen molar-refractivity contribution < 1.29 is 4.74 Å². The summed E-state index contributed by atoms with van der Waals surface area (Å²) in [4.78, 5) is 5.66. The summed E-state index contributed by atoms with van der Waals surface area (Å²) in [7, 11) is 2.02. The molecule has 0 aromatic carbocycles. The highest BCUT2D eigenvalue weighted by Gasteiger charge is 2.27. The molecule has 1 aliphatic heterocycles. The zero-order valence-electron chi connectivity index (χ0n) is 8.62. The Morgan fingerprint density at radius 3 is 3.07 bits per heavy atom. The number of nitrogens with one attached hydrogen (secondary N) is 1. The molecule has 78 valence electrons. The van der Waals surface area contributed by atoms with Crippen LogP contribution in [0.3, 0.4) is 0 Å². The third-order valence-corrected chi connectivity index (χ3v) is 3.83. The third-order valence-electron chi connectivity index (χ3n) is 2.81. The van der Waals surface area contributed by atoms with E-state index in [0.717, 1.165) is 25.3 Å². The maximum Gasteiger partial charge on any atom is 0.0798 e. The van der Waals surface area contributed by atoms with Crippen LogP contribution in [0.5, 0.6) is 0 Å². The van der Waals surface area contributed by atoms with Crippen molar-refractivity contribution in [2.75, 3.05) is 20.3 Å². The van der Waals surface area contributed by atoms with Gasteiger partial charge in [-0.1, -0.05) is 0 Å². The minimum Gasteiger partial charge on any atom is -0.381 e. The molecule has 0 saturated carbocycles. The molecule has 0 amide bonds. The SMILES string of the molecule is CNC(c1scnc1C)C1CCOC1. The van der Waals surface area contributed by atoms with E-state index in [0.29, 0.717) is 12.0 Å². The summed E-state index contributed by atoms with van der Waals surface area (Å²) in [6, 6.07) is 0.421. The van der Waals surface area contributed by atoms with Gasteiger partial charge in [-0.15, -0.1) is 11.3 Å². The molecule has 4 heteroatoms. The maximum atomic E-state index is 5.42. The predicted octanol–water partition coefficient (Wildman–Crippen LogP) is 1.75. The zero-order chi connectivity index (χ0) is 9.97. The first-order valence-electron chi connectivity index (χ1n) is 4.98. The number of ether oxygens (including phenoxy) is 1. The molecule has 1 aromatic rings. The van der Waals surface area contributed by atoms with Crippen molar-refractivity contribution in [3.63, 3.8) is 0 Å². The van der Waals surface area contributed by atoms with Crippen molar-refractivity contribution in [2.45, 2.75) is 19.4 Å². The van der Waals surface area contributed by atoms with Crippen LogP contribution in [0, 0.1) is 12.8 Å². The molecular formula is C10H16N2OS. The summed E-state index contributed by atoms with van der Waals surface area (Å²) in [5.74, 6) is 0.610. The number of hydrogen-bond acceptors (Lipinski definition) is 4. The van der Waals surface area contributed by atoms with Crippen LogP contribution >= 0.6 is 11.3 Å². The molecule has 0 spiro atoms. The molecule has 1 fully saturated rings. The molecule has 3 nitrogen and oxygen atoms in total. The summed E-state index contributed by atoms with van der Waals surface area (Å²) in [5.41, 5.74) is 3.08. The lowest BCUT2D eigenvalue weighted by molar-refractivity contribution is 0.178. The summed E-state index contributed by atoms with van der Waals surface area (Å²) in [5, 5.41) is 3.38. The van der Waals surface area contributed by atoms with Crippen LogP contribution in [0.1, 0.15) is 23.0 Å². The fourth-order valence-electron chi connectivity index (χ4n) is 2.01. The van der Waals surface area contributed by atoms with Crippen LogP contribution in [-0.2, 0) is 4.74 Å². The molecule has 0 radical (unpaired) electrons. The maximum absolute atomic E-state index is 5.42. The number of rotatable bonds is 3. The Labute approximate surface area is 88.5 Å². The van der Waals surface area contributed by atoms with Gasteiger partial charge in [-0.05, 0) is 20.4 Å². The molecule has 14 heavy (non-hydrogen) atoms. The van der Waals surface area contributed by atoms with Crippen molar-refractivity contribution in [3.05, 3.63) is 16.1 Å². The van der Waals surface area contributed by atoms with Gasteiger partial charge in [0, 0.05) is 23.4 Å². The molecule has 1 saturated heterocycles. The van der Waals surface area contributed by atoms with Gasteiger partial charge in [0.25, 0.3) is 0 Å². The number of aryl methyl sites for hydroxylation is 1. The van der Waals surface area contributed by atoms with E-state index in [1.54, 1.807) is 11.3 Å². The van der Waals surface area contributed by atoms with Crippen LogP contribution in [-0.4, -0.2) is 25.2 Å². The molecule has 1 aromatic heterocycles. The van der Waals surface area contributed by atoms with Gasteiger partial charge < -0.3 is 10.1 Å². The lowest BCUT2D eigenvalue weighted by atomic mass is 9.97. The summed E-state index contributed by atoms with van der Waals surface area (Å²) in [6.45, 7) is 3.86. The fourth-order valence-corrected chi connectivity index (χ4v) is 3.01. The Bertz CT molecular complexity index is 294. The fraction of sp³-hybridized carbons (Fsp3) is 0.700. The monoisotopic (exact) mass is 212 g/mol. The first-order chi connectivity index (χ1) is 6.83. The molecule has 1 aliphatic rings. The smallest absolute Gasteiger partial charge is 0.0798 e. The quantitative estimate of drug-likeness (QED) is 0.829. The molecular weight excluding hydrogens is 196 g/mol. The topological polar surface area (TPSA) is 34.2 Å². The second kappa shape index (κ2) is 4.38. The van der Waals surface area contributed by atoms with E-state index in [9.17, 15) is 0 Å². The van der Waals surface area contributed by atoms with Crippen LogP contribution < -0.4 is 5.32 Å². The standard InChI is InChI=1S/C10H16N2OS/c1-7-10(14-6-12-7)9(11-2)8-3-4-13-5-8/h6,8-9,11H,3-5H2,1-2H3. The summed E-state index contributed by atoms with van der Waals surface area (Å²) >= 11 is 1.74. The van der Waals surface area contributed by atoms with Crippen LogP contribution in [0.25, 0.3) is 0 Å². The average molecular weight is 212 g/mol. The first kappa shape index (κ1) is 10.1. The molecule has 2 atom stereocenters. The number of hydrogen-bond donors (Lipinski definition) is 1. The Balaban J connectivity index is 2.16. The summed E-state index contributed by atoms with van der Waals surface area (Å²) < 4.78 is 5.42. The van der Waals surface area contributed by atoms with Crippen molar-refractivity contribution in [3.8, 4) is 0 Å². The van der Waals surface area contributed by atoms with Gasteiger partial charge in [0.15, 0.2) is 0 Å². The molecule has 1 N–H and O–H groups in total. The second-order valence-electron chi connectivity index (χ2n) is 3.69. The Morgan fingerprint density at radius 2 is 2.57 bits per heavy atom. The van der Waals surface area contributed by atoms with E-state index in [4.69, 9.17) is 4.74 Å². The van der Waals surface area contributed by atoms with Crippen LogP contribution in [0.4, 0.5) is 0 Å². The number of aromatic nitrogens is 1. The predicted molar refractivity (Wildman–Crippen MR) is 57.6 cm³/mol. The molecule has 2 heterocycles. The average Bonchev–Trinajstić information content (AvgIpc) is 2.80. The summed E-state index contributed by atoms with van der Waals surface area (Å²) in [6.07, 6.45) is 1.16. The normalized spacial score (nSPS) is 24.0. The van der Waals surface area contributed by atoms with E-state index in [2.05, 4.69) is 17.2 Å². The van der Waals surface area contributed by atoms with Crippen molar-refractivity contribution in [2.24, 2.45) is 5.92 Å². The van der Waals surface area contributed by atoms with Gasteiger partial charge in [0.05, 0.1) is 17.8 Å². The Morgan fingerprint density at radius 1 is 1.71 bits per heavy atom. The van der Waals surface area contributed by atoms with Crippen molar-refractivity contribution in [1.82, 2.24) is 10.3 Å². The van der Waals surface area contributed by atoms with E-state index in [-0.39, 0.29) is 0 Å².